The van der Waals surface area contributed by atoms with Gasteiger partial charge in [0.1, 0.15) is 12.4 Å². The van der Waals surface area contributed by atoms with E-state index < -0.39 is 0 Å². The Labute approximate surface area is 174 Å². The lowest BCUT2D eigenvalue weighted by Gasteiger charge is -2.10. The quantitative estimate of drug-likeness (QED) is 0.392. The molecule has 0 saturated carbocycles. The van der Waals surface area contributed by atoms with Crippen LogP contribution in [0.1, 0.15) is 27.0 Å². The van der Waals surface area contributed by atoms with E-state index in [0.717, 1.165) is 11.3 Å². The highest BCUT2D eigenvalue weighted by atomic mass is 35.5. The Morgan fingerprint density at radius 1 is 1.03 bits per heavy atom. The summed E-state index contributed by atoms with van der Waals surface area (Å²) in [6.45, 7) is 2.44. The monoisotopic (exact) mass is 402 g/mol. The number of rotatable bonds is 6. The lowest BCUT2D eigenvalue weighted by atomic mass is 10.1. The standard InChI is InChI=1S/C24H19ClN2O2/c1-17-5-4-6-18(13-17)16-29-23-8-3-2-7-22(23)24(28)19-14-26-27(15-19)21-11-9-20(25)10-12-21/h2-15H,16H2,1H3. The van der Waals surface area contributed by atoms with Gasteiger partial charge in [0.05, 0.1) is 23.0 Å². The molecule has 1 aromatic heterocycles. The molecule has 144 valence electrons. The maximum absolute atomic E-state index is 13.1. The van der Waals surface area contributed by atoms with Gasteiger partial charge < -0.3 is 4.74 Å². The number of ketones is 1. The molecule has 3 aromatic carbocycles. The van der Waals surface area contributed by atoms with Crippen molar-refractivity contribution in [2.45, 2.75) is 13.5 Å². The number of hydrogen-bond acceptors (Lipinski definition) is 3. The van der Waals surface area contributed by atoms with E-state index >= 15 is 0 Å². The normalized spacial score (nSPS) is 10.7. The van der Waals surface area contributed by atoms with Crippen molar-refractivity contribution in [2.75, 3.05) is 0 Å². The number of carbonyl (C=O) groups excluding carboxylic acids is 1. The minimum absolute atomic E-state index is 0.134. The van der Waals surface area contributed by atoms with Gasteiger partial charge in [0, 0.05) is 11.2 Å². The van der Waals surface area contributed by atoms with Crippen LogP contribution in [0, 0.1) is 6.92 Å². The van der Waals surface area contributed by atoms with Crippen LogP contribution in [0.3, 0.4) is 0 Å². The second kappa shape index (κ2) is 8.33. The Bertz CT molecular complexity index is 1150. The number of ether oxygens (including phenoxy) is 1. The van der Waals surface area contributed by atoms with Crippen LogP contribution in [0.5, 0.6) is 5.75 Å². The molecule has 4 aromatic rings. The van der Waals surface area contributed by atoms with Crippen molar-refractivity contribution in [1.29, 1.82) is 0 Å². The topological polar surface area (TPSA) is 44.1 Å². The average Bonchev–Trinajstić information content (AvgIpc) is 3.23. The Morgan fingerprint density at radius 2 is 1.83 bits per heavy atom. The summed E-state index contributed by atoms with van der Waals surface area (Å²) in [5, 5.41) is 4.96. The molecule has 0 N–H and O–H groups in total. The lowest BCUT2D eigenvalue weighted by Crippen LogP contribution is -2.05. The van der Waals surface area contributed by atoms with Gasteiger partial charge in [-0.1, -0.05) is 53.6 Å². The number of benzene rings is 3. The van der Waals surface area contributed by atoms with Gasteiger partial charge in [-0.15, -0.1) is 0 Å². The molecule has 0 aliphatic heterocycles. The van der Waals surface area contributed by atoms with Crippen LogP contribution in [0.15, 0.2) is 85.2 Å². The third-order valence-electron chi connectivity index (χ3n) is 4.54. The van der Waals surface area contributed by atoms with Crippen molar-refractivity contribution >= 4 is 17.4 Å². The largest absolute Gasteiger partial charge is 0.488 e. The summed E-state index contributed by atoms with van der Waals surface area (Å²) in [6, 6.07) is 22.7. The highest BCUT2D eigenvalue weighted by Gasteiger charge is 2.17. The number of nitrogens with zero attached hydrogens (tertiary/aromatic N) is 2. The summed E-state index contributed by atoms with van der Waals surface area (Å²) in [7, 11) is 0. The smallest absolute Gasteiger partial charge is 0.199 e. The van der Waals surface area contributed by atoms with Gasteiger partial charge >= 0.3 is 0 Å². The molecule has 5 heteroatoms. The average molecular weight is 403 g/mol. The number of aromatic nitrogens is 2. The van der Waals surface area contributed by atoms with Crippen LogP contribution in [0.4, 0.5) is 0 Å². The Balaban J connectivity index is 1.55. The summed E-state index contributed by atoms with van der Waals surface area (Å²) in [5.41, 5.74) is 4.06. The number of aryl methyl sites for hydroxylation is 1. The SMILES string of the molecule is Cc1cccc(COc2ccccc2C(=O)c2cnn(-c3ccc(Cl)cc3)c2)c1. The van der Waals surface area contributed by atoms with Crippen molar-refractivity contribution in [3.8, 4) is 11.4 Å². The number of carbonyl (C=O) groups is 1. The predicted molar refractivity (Wildman–Crippen MR) is 114 cm³/mol. The van der Waals surface area contributed by atoms with Gasteiger partial charge in [-0.25, -0.2) is 4.68 Å². The van der Waals surface area contributed by atoms with Crippen molar-refractivity contribution in [1.82, 2.24) is 9.78 Å². The summed E-state index contributed by atoms with van der Waals surface area (Å²) in [4.78, 5) is 13.1. The van der Waals surface area contributed by atoms with Crippen LogP contribution in [0.25, 0.3) is 5.69 Å². The zero-order valence-corrected chi connectivity index (χ0v) is 16.6. The van der Waals surface area contributed by atoms with Gasteiger partial charge in [0.2, 0.25) is 0 Å². The third kappa shape index (κ3) is 4.39. The molecule has 0 unspecified atom stereocenters. The zero-order valence-electron chi connectivity index (χ0n) is 15.9. The maximum atomic E-state index is 13.1. The summed E-state index contributed by atoms with van der Waals surface area (Å²) < 4.78 is 7.62. The Kier molecular flexibility index (Phi) is 5.45. The second-order valence-electron chi connectivity index (χ2n) is 6.75. The van der Waals surface area contributed by atoms with E-state index in [0.29, 0.717) is 28.5 Å². The molecule has 0 bridgehead atoms. The first-order valence-electron chi connectivity index (χ1n) is 9.23. The minimum Gasteiger partial charge on any atom is -0.488 e. The molecule has 0 saturated heterocycles. The molecule has 0 atom stereocenters. The predicted octanol–water partition coefficient (Wildman–Crippen LogP) is 5.64. The van der Waals surface area contributed by atoms with Crippen LogP contribution in [0.2, 0.25) is 5.02 Å². The highest BCUT2D eigenvalue weighted by molar-refractivity contribution is 6.30. The zero-order chi connectivity index (χ0) is 20.2. The van der Waals surface area contributed by atoms with E-state index in [1.54, 1.807) is 35.3 Å². The number of hydrogen-bond donors (Lipinski definition) is 0. The first kappa shape index (κ1) is 19.0. The van der Waals surface area contributed by atoms with E-state index in [9.17, 15) is 4.79 Å². The van der Waals surface area contributed by atoms with Crippen LogP contribution < -0.4 is 4.74 Å². The van der Waals surface area contributed by atoms with Gasteiger partial charge in [0.25, 0.3) is 0 Å². The maximum Gasteiger partial charge on any atom is 0.199 e. The Hall–Kier alpha value is -3.37. The third-order valence-corrected chi connectivity index (χ3v) is 4.80. The van der Waals surface area contributed by atoms with Crippen molar-refractivity contribution in [3.05, 3.63) is 112 Å². The van der Waals surface area contributed by atoms with Crippen molar-refractivity contribution < 1.29 is 9.53 Å². The first-order valence-corrected chi connectivity index (χ1v) is 9.60. The molecular weight excluding hydrogens is 384 g/mol. The molecule has 4 nitrogen and oxygen atoms in total. The number of halogens is 1. The molecule has 29 heavy (non-hydrogen) atoms. The lowest BCUT2D eigenvalue weighted by molar-refractivity contribution is 0.103. The van der Waals surface area contributed by atoms with Crippen LogP contribution in [-0.2, 0) is 6.61 Å². The Morgan fingerprint density at radius 3 is 2.62 bits per heavy atom. The molecule has 0 amide bonds. The van der Waals surface area contributed by atoms with Crippen molar-refractivity contribution in [2.24, 2.45) is 0 Å². The fourth-order valence-corrected chi connectivity index (χ4v) is 3.20. The van der Waals surface area contributed by atoms with E-state index in [1.165, 1.54) is 5.56 Å². The molecular formula is C24H19ClN2O2. The summed E-state index contributed by atoms with van der Waals surface area (Å²) in [5.74, 6) is 0.420. The van der Waals surface area contributed by atoms with E-state index in [2.05, 4.69) is 11.2 Å². The summed E-state index contributed by atoms with van der Waals surface area (Å²) >= 11 is 5.94. The van der Waals surface area contributed by atoms with E-state index in [-0.39, 0.29) is 5.78 Å². The van der Waals surface area contributed by atoms with Gasteiger partial charge in [0.15, 0.2) is 5.78 Å². The molecule has 0 radical (unpaired) electrons. The van der Waals surface area contributed by atoms with Crippen LogP contribution >= 0.6 is 11.6 Å². The molecule has 4 rings (SSSR count). The molecule has 0 fully saturated rings. The molecule has 0 spiro atoms. The minimum atomic E-state index is -0.134. The van der Waals surface area contributed by atoms with Gasteiger partial charge in [-0.3, -0.25) is 4.79 Å². The fraction of sp³-hybridized carbons (Fsp3) is 0.0833. The fourth-order valence-electron chi connectivity index (χ4n) is 3.07. The second-order valence-corrected chi connectivity index (χ2v) is 7.19. The van der Waals surface area contributed by atoms with E-state index in [4.69, 9.17) is 16.3 Å². The molecule has 0 aliphatic carbocycles. The van der Waals surface area contributed by atoms with Gasteiger partial charge in [-0.2, -0.15) is 5.10 Å². The highest BCUT2D eigenvalue weighted by Crippen LogP contribution is 2.23. The number of para-hydroxylation sites is 1. The van der Waals surface area contributed by atoms with Crippen molar-refractivity contribution in [3.63, 3.8) is 0 Å². The van der Waals surface area contributed by atoms with E-state index in [1.807, 2.05) is 55.5 Å². The van der Waals surface area contributed by atoms with Crippen LogP contribution in [-0.4, -0.2) is 15.6 Å². The summed E-state index contributed by atoms with van der Waals surface area (Å²) in [6.07, 6.45) is 3.27. The van der Waals surface area contributed by atoms with Gasteiger partial charge in [-0.05, 0) is 48.9 Å². The molecule has 1 heterocycles. The first-order chi connectivity index (χ1) is 14.1. The molecule has 0 aliphatic rings.